The highest BCUT2D eigenvalue weighted by atomic mass is 35.5. The molecule has 1 amide bonds. The Kier molecular flexibility index (Phi) is 8.38. The normalized spacial score (nSPS) is 13.5. The first-order valence-electron chi connectivity index (χ1n) is 13.0. The summed E-state index contributed by atoms with van der Waals surface area (Å²) < 4.78 is 75.5. The monoisotopic (exact) mass is 649 g/mol. The van der Waals surface area contributed by atoms with Gasteiger partial charge >= 0.3 is 6.18 Å². The van der Waals surface area contributed by atoms with E-state index in [1.807, 2.05) is 0 Å². The van der Waals surface area contributed by atoms with Crippen molar-refractivity contribution in [1.29, 1.82) is 0 Å². The second-order valence-corrected chi connectivity index (χ2v) is 12.1. The van der Waals surface area contributed by atoms with Crippen LogP contribution in [0.25, 0.3) is 5.69 Å². The topological polar surface area (TPSA) is 145 Å². The number of carbonyl (C=O) groups excluding carboxylic acids is 1. The van der Waals surface area contributed by atoms with Gasteiger partial charge in [-0.3, -0.25) is 14.9 Å². The van der Waals surface area contributed by atoms with Gasteiger partial charge in [-0.2, -0.15) is 23.0 Å². The van der Waals surface area contributed by atoms with Crippen LogP contribution in [0.2, 0.25) is 5.02 Å². The van der Waals surface area contributed by atoms with Crippen molar-refractivity contribution in [2.45, 2.75) is 43.4 Å². The summed E-state index contributed by atoms with van der Waals surface area (Å²) in [5.74, 6) is -1.13. The second kappa shape index (κ2) is 11.9. The first-order valence-corrected chi connectivity index (χ1v) is 14.9. The molecule has 1 aliphatic rings. The number of rotatable bonds is 10. The molecule has 16 heteroatoms. The molecule has 0 bridgehead atoms. The van der Waals surface area contributed by atoms with E-state index >= 15 is 0 Å². The van der Waals surface area contributed by atoms with Crippen LogP contribution in [0.1, 0.15) is 40.0 Å². The van der Waals surface area contributed by atoms with Gasteiger partial charge in [0.05, 0.1) is 16.2 Å². The number of amides is 1. The average molecular weight is 650 g/mol. The molecule has 44 heavy (non-hydrogen) atoms. The number of non-ortho nitro benzene ring substituents is 1. The molecular weight excluding hydrogens is 627 g/mol. The number of aromatic nitrogens is 2. The fraction of sp³-hybridized carbons (Fsp3) is 0.214. The predicted octanol–water partition coefficient (Wildman–Crippen LogP) is 5.92. The molecule has 1 fully saturated rings. The minimum atomic E-state index is -4.56. The lowest BCUT2D eigenvalue weighted by atomic mass is 10.1. The Hall–Kier alpha value is -4.47. The molecule has 0 radical (unpaired) electrons. The van der Waals surface area contributed by atoms with Gasteiger partial charge < -0.3 is 10.1 Å². The van der Waals surface area contributed by atoms with E-state index in [4.69, 9.17) is 16.3 Å². The van der Waals surface area contributed by atoms with Crippen molar-refractivity contribution in [2.24, 2.45) is 0 Å². The fourth-order valence-electron chi connectivity index (χ4n) is 4.22. The molecule has 230 valence electrons. The number of carbonyl (C=O) groups is 1. The highest BCUT2D eigenvalue weighted by Crippen LogP contribution is 2.37. The summed E-state index contributed by atoms with van der Waals surface area (Å²) in [6.07, 6.45) is -3.33. The maximum atomic E-state index is 13.2. The van der Waals surface area contributed by atoms with Gasteiger partial charge in [-0.1, -0.05) is 29.8 Å². The van der Waals surface area contributed by atoms with Gasteiger partial charge in [0.1, 0.15) is 10.6 Å². The quantitative estimate of drug-likeness (QED) is 0.160. The third kappa shape index (κ3) is 6.85. The number of sulfonamides is 1. The highest BCUT2D eigenvalue weighted by molar-refractivity contribution is 7.89. The first-order chi connectivity index (χ1) is 20.7. The molecule has 0 aliphatic heterocycles. The van der Waals surface area contributed by atoms with Crippen molar-refractivity contribution < 1.29 is 36.0 Å². The standard InChI is InChI=1S/C28H23ClF3N5O6S/c1-16-25(26(38)33-15-17-4-2-5-18(12-17)28(30,31)32)34-36(21-7-3-6-19(29)13-21)27(16)43-23-11-10-22(37(39)40)14-24(23)44(41,42)35-20-8-9-20/h2-7,10-14,20,35H,8-9,15H2,1H3,(H,33,38). The van der Waals surface area contributed by atoms with Crippen LogP contribution in [0.4, 0.5) is 18.9 Å². The van der Waals surface area contributed by atoms with Gasteiger partial charge in [0, 0.05) is 35.3 Å². The van der Waals surface area contributed by atoms with Crippen LogP contribution in [0.5, 0.6) is 11.6 Å². The van der Waals surface area contributed by atoms with E-state index in [2.05, 4.69) is 15.1 Å². The summed E-state index contributed by atoms with van der Waals surface area (Å²) in [5, 5.41) is 18.6. The molecule has 4 aromatic rings. The van der Waals surface area contributed by atoms with Crippen LogP contribution in [-0.2, 0) is 22.7 Å². The zero-order valence-corrected chi connectivity index (χ0v) is 24.3. The smallest absolute Gasteiger partial charge is 0.416 e. The van der Waals surface area contributed by atoms with Crippen LogP contribution in [-0.4, -0.2) is 35.1 Å². The number of nitrogens with zero attached hydrogens (tertiary/aromatic N) is 3. The van der Waals surface area contributed by atoms with Gasteiger partial charge in [0.2, 0.25) is 15.9 Å². The Morgan fingerprint density at radius 1 is 1.14 bits per heavy atom. The number of benzene rings is 3. The lowest BCUT2D eigenvalue weighted by Crippen LogP contribution is -2.26. The van der Waals surface area contributed by atoms with Gasteiger partial charge in [0.25, 0.3) is 11.6 Å². The lowest BCUT2D eigenvalue weighted by molar-refractivity contribution is -0.385. The van der Waals surface area contributed by atoms with Crippen molar-refractivity contribution in [3.8, 4) is 17.3 Å². The third-order valence-electron chi connectivity index (χ3n) is 6.58. The number of halogens is 4. The van der Waals surface area contributed by atoms with E-state index in [0.29, 0.717) is 23.6 Å². The molecular formula is C28H23ClF3N5O6S. The van der Waals surface area contributed by atoms with E-state index in [9.17, 15) is 36.5 Å². The Balaban J connectivity index is 1.53. The molecule has 11 nitrogen and oxygen atoms in total. The Morgan fingerprint density at radius 3 is 2.52 bits per heavy atom. The van der Waals surface area contributed by atoms with E-state index in [-0.39, 0.29) is 41.0 Å². The summed E-state index contributed by atoms with van der Waals surface area (Å²) >= 11 is 6.17. The number of hydrogen-bond acceptors (Lipinski definition) is 7. The Morgan fingerprint density at radius 2 is 1.86 bits per heavy atom. The number of ether oxygens (including phenoxy) is 1. The SMILES string of the molecule is Cc1c(C(=O)NCc2cccc(C(F)(F)F)c2)nn(-c2cccc(Cl)c2)c1Oc1ccc([N+](=O)[O-])cc1S(=O)(=O)NC1CC1. The van der Waals surface area contributed by atoms with Crippen molar-refractivity contribution in [2.75, 3.05) is 0 Å². The first kappa shape index (κ1) is 31.0. The number of hydrogen-bond donors (Lipinski definition) is 2. The molecule has 1 heterocycles. The number of nitro benzene ring substituents is 1. The second-order valence-electron chi connectivity index (χ2n) is 9.94. The van der Waals surface area contributed by atoms with Gasteiger partial charge in [0.15, 0.2) is 5.69 Å². The van der Waals surface area contributed by atoms with Crippen LogP contribution >= 0.6 is 11.6 Å². The largest absolute Gasteiger partial charge is 0.437 e. The van der Waals surface area contributed by atoms with Crippen molar-refractivity contribution in [3.05, 3.63) is 104 Å². The van der Waals surface area contributed by atoms with Crippen LogP contribution in [0.3, 0.4) is 0 Å². The minimum Gasteiger partial charge on any atom is -0.437 e. The summed E-state index contributed by atoms with van der Waals surface area (Å²) in [7, 11) is -4.25. The number of nitro groups is 1. The van der Waals surface area contributed by atoms with Gasteiger partial charge in [-0.05, 0) is 61.7 Å². The van der Waals surface area contributed by atoms with Crippen molar-refractivity contribution in [3.63, 3.8) is 0 Å². The summed E-state index contributed by atoms with van der Waals surface area (Å²) in [6, 6.07) is 13.5. The van der Waals surface area contributed by atoms with Gasteiger partial charge in [-0.15, -0.1) is 0 Å². The fourth-order valence-corrected chi connectivity index (χ4v) is 5.85. The molecule has 1 saturated carbocycles. The maximum Gasteiger partial charge on any atom is 0.416 e. The van der Waals surface area contributed by atoms with Crippen LogP contribution in [0, 0.1) is 17.0 Å². The maximum absolute atomic E-state index is 13.2. The van der Waals surface area contributed by atoms with Crippen molar-refractivity contribution in [1.82, 2.24) is 19.8 Å². The third-order valence-corrected chi connectivity index (χ3v) is 8.35. The van der Waals surface area contributed by atoms with E-state index < -0.39 is 43.2 Å². The molecule has 2 N–H and O–H groups in total. The molecule has 1 aromatic heterocycles. The molecule has 1 aliphatic carbocycles. The van der Waals surface area contributed by atoms with E-state index in [1.54, 1.807) is 18.2 Å². The lowest BCUT2D eigenvalue weighted by Gasteiger charge is -2.14. The summed E-state index contributed by atoms with van der Waals surface area (Å²) in [5.41, 5.74) is -0.859. The molecule has 0 atom stereocenters. The number of alkyl halides is 3. The van der Waals surface area contributed by atoms with E-state index in [1.165, 1.54) is 29.8 Å². The van der Waals surface area contributed by atoms with Gasteiger partial charge in [-0.25, -0.2) is 13.1 Å². The molecule has 5 rings (SSSR count). The highest BCUT2D eigenvalue weighted by Gasteiger charge is 2.33. The molecule has 0 saturated heterocycles. The average Bonchev–Trinajstić information content (AvgIpc) is 3.72. The van der Waals surface area contributed by atoms with E-state index in [0.717, 1.165) is 30.3 Å². The van der Waals surface area contributed by atoms with Crippen molar-refractivity contribution >= 4 is 33.2 Å². The summed E-state index contributed by atoms with van der Waals surface area (Å²) in [6.45, 7) is 1.23. The summed E-state index contributed by atoms with van der Waals surface area (Å²) in [4.78, 5) is 23.4. The molecule has 0 spiro atoms. The predicted molar refractivity (Wildman–Crippen MR) is 152 cm³/mol. The zero-order chi connectivity index (χ0) is 31.8. The Labute approximate surface area is 253 Å². The van der Waals surface area contributed by atoms with Crippen LogP contribution in [0.15, 0.2) is 71.6 Å². The molecule has 0 unspecified atom stereocenters. The zero-order valence-electron chi connectivity index (χ0n) is 22.8. The van der Waals surface area contributed by atoms with Crippen LogP contribution < -0.4 is 14.8 Å². The minimum absolute atomic E-state index is 0.104. The Bertz CT molecular complexity index is 1880. The molecule has 3 aromatic carbocycles. The number of nitrogens with one attached hydrogen (secondary N) is 2.